The maximum absolute atomic E-state index is 13.8. The van der Waals surface area contributed by atoms with Gasteiger partial charge in [0.25, 0.3) is 0 Å². The van der Waals surface area contributed by atoms with Gasteiger partial charge in [-0.3, -0.25) is 4.90 Å². The fraction of sp³-hybridized carbons (Fsp3) is 0.538. The molecule has 0 amide bonds. The highest BCUT2D eigenvalue weighted by molar-refractivity contribution is 5.23. The molecule has 2 nitrogen and oxygen atoms in total. The lowest BCUT2D eigenvalue weighted by atomic mass is 9.85. The molecule has 2 N–H and O–H groups in total. The van der Waals surface area contributed by atoms with Crippen LogP contribution in [0.15, 0.2) is 18.2 Å². The van der Waals surface area contributed by atoms with Crippen molar-refractivity contribution in [3.05, 3.63) is 35.4 Å². The SMILES string of the molecule is CN1CCC[C@H](CN)[C@H]1c1ccc(F)cc1F. The number of benzene rings is 1. The standard InChI is InChI=1S/C13H18F2N2/c1-17-6-2-3-9(8-16)13(17)11-5-4-10(14)7-12(11)15/h4-5,7,9,13H,2-3,6,8,16H2,1H3/t9-,13+/m1/s1. The predicted octanol–water partition coefficient (Wildman–Crippen LogP) is 2.31. The Labute approximate surface area is 100 Å². The van der Waals surface area contributed by atoms with Crippen LogP contribution in [-0.2, 0) is 0 Å². The minimum absolute atomic E-state index is 0.0330. The molecule has 0 radical (unpaired) electrons. The minimum atomic E-state index is -0.533. The van der Waals surface area contributed by atoms with E-state index < -0.39 is 11.6 Å². The molecule has 0 spiro atoms. The second-order valence-corrected chi connectivity index (χ2v) is 4.73. The number of rotatable bonds is 2. The number of nitrogens with zero attached hydrogens (tertiary/aromatic N) is 1. The Kier molecular flexibility index (Phi) is 3.74. The third kappa shape index (κ3) is 2.48. The topological polar surface area (TPSA) is 29.3 Å². The van der Waals surface area contributed by atoms with Crippen molar-refractivity contribution in [2.75, 3.05) is 20.1 Å². The molecular weight excluding hydrogens is 222 g/mol. The lowest BCUT2D eigenvalue weighted by Crippen LogP contribution is -2.39. The molecule has 1 aromatic rings. The van der Waals surface area contributed by atoms with Gasteiger partial charge in [0.15, 0.2) is 0 Å². The Hall–Kier alpha value is -1.00. The summed E-state index contributed by atoms with van der Waals surface area (Å²) in [6.45, 7) is 1.46. The van der Waals surface area contributed by atoms with Gasteiger partial charge in [-0.2, -0.15) is 0 Å². The van der Waals surface area contributed by atoms with E-state index in [1.54, 1.807) is 6.07 Å². The molecule has 1 aliphatic heterocycles. The second-order valence-electron chi connectivity index (χ2n) is 4.73. The molecule has 17 heavy (non-hydrogen) atoms. The molecule has 2 atom stereocenters. The number of hydrogen-bond donors (Lipinski definition) is 1. The van der Waals surface area contributed by atoms with Crippen molar-refractivity contribution in [1.29, 1.82) is 0 Å². The molecule has 1 aliphatic rings. The van der Waals surface area contributed by atoms with Gasteiger partial charge in [0, 0.05) is 17.7 Å². The average Bonchev–Trinajstić information content (AvgIpc) is 2.30. The molecule has 2 rings (SSSR count). The Morgan fingerprint density at radius 1 is 1.41 bits per heavy atom. The zero-order valence-electron chi connectivity index (χ0n) is 10.00. The van der Waals surface area contributed by atoms with Crippen molar-refractivity contribution < 1.29 is 8.78 Å². The van der Waals surface area contributed by atoms with Crippen molar-refractivity contribution in [2.24, 2.45) is 11.7 Å². The first-order valence-electron chi connectivity index (χ1n) is 5.98. The van der Waals surface area contributed by atoms with Gasteiger partial charge in [0.05, 0.1) is 0 Å². The smallest absolute Gasteiger partial charge is 0.130 e. The van der Waals surface area contributed by atoms with Crippen LogP contribution in [0.4, 0.5) is 8.78 Å². The van der Waals surface area contributed by atoms with Crippen LogP contribution in [0, 0.1) is 17.6 Å². The third-order valence-corrected chi connectivity index (χ3v) is 3.59. The highest BCUT2D eigenvalue weighted by Gasteiger charge is 2.31. The molecule has 4 heteroatoms. The summed E-state index contributed by atoms with van der Waals surface area (Å²) in [5.74, 6) is -0.759. The maximum Gasteiger partial charge on any atom is 0.130 e. The minimum Gasteiger partial charge on any atom is -0.330 e. The monoisotopic (exact) mass is 240 g/mol. The van der Waals surface area contributed by atoms with Gasteiger partial charge in [-0.15, -0.1) is 0 Å². The summed E-state index contributed by atoms with van der Waals surface area (Å²) in [5.41, 5.74) is 6.31. The highest BCUT2D eigenvalue weighted by Crippen LogP contribution is 2.35. The quantitative estimate of drug-likeness (QED) is 0.859. The Bertz CT molecular complexity index is 395. The van der Waals surface area contributed by atoms with Gasteiger partial charge in [-0.25, -0.2) is 8.78 Å². The first-order valence-corrected chi connectivity index (χ1v) is 5.98. The van der Waals surface area contributed by atoms with E-state index in [-0.39, 0.29) is 12.0 Å². The molecule has 0 aliphatic carbocycles. The van der Waals surface area contributed by atoms with E-state index in [9.17, 15) is 8.78 Å². The molecule has 1 heterocycles. The van der Waals surface area contributed by atoms with Gasteiger partial charge >= 0.3 is 0 Å². The lowest BCUT2D eigenvalue weighted by molar-refractivity contribution is 0.122. The normalized spacial score (nSPS) is 26.1. The van der Waals surface area contributed by atoms with E-state index in [1.807, 2.05) is 7.05 Å². The van der Waals surface area contributed by atoms with Crippen LogP contribution in [-0.4, -0.2) is 25.0 Å². The fourth-order valence-corrected chi connectivity index (χ4v) is 2.74. The number of hydrogen-bond acceptors (Lipinski definition) is 2. The summed E-state index contributed by atoms with van der Waals surface area (Å²) >= 11 is 0. The van der Waals surface area contributed by atoms with Crippen LogP contribution in [0.1, 0.15) is 24.4 Å². The van der Waals surface area contributed by atoms with Crippen LogP contribution in [0.5, 0.6) is 0 Å². The molecule has 0 aromatic heterocycles. The molecule has 0 bridgehead atoms. The van der Waals surface area contributed by atoms with Crippen molar-refractivity contribution in [3.8, 4) is 0 Å². The lowest BCUT2D eigenvalue weighted by Gasteiger charge is -2.39. The van der Waals surface area contributed by atoms with Gasteiger partial charge in [0.2, 0.25) is 0 Å². The highest BCUT2D eigenvalue weighted by atomic mass is 19.1. The molecule has 1 saturated heterocycles. The van der Waals surface area contributed by atoms with Crippen LogP contribution < -0.4 is 5.73 Å². The second kappa shape index (κ2) is 5.10. The van der Waals surface area contributed by atoms with Crippen LogP contribution in [0.25, 0.3) is 0 Å². The third-order valence-electron chi connectivity index (χ3n) is 3.59. The summed E-state index contributed by atoms with van der Waals surface area (Å²) in [7, 11) is 1.97. The van der Waals surface area contributed by atoms with E-state index >= 15 is 0 Å². The number of likely N-dealkylation sites (tertiary alicyclic amines) is 1. The van der Waals surface area contributed by atoms with Crippen LogP contribution in [0.2, 0.25) is 0 Å². The van der Waals surface area contributed by atoms with Gasteiger partial charge < -0.3 is 5.73 Å². The molecular formula is C13H18F2N2. The van der Waals surface area contributed by atoms with Gasteiger partial charge in [0.1, 0.15) is 11.6 Å². The fourth-order valence-electron chi connectivity index (χ4n) is 2.74. The summed E-state index contributed by atoms with van der Waals surface area (Å²) in [5, 5.41) is 0. The van der Waals surface area contributed by atoms with Crippen molar-refractivity contribution in [1.82, 2.24) is 4.90 Å². The summed E-state index contributed by atoms with van der Waals surface area (Å²) < 4.78 is 26.7. The summed E-state index contributed by atoms with van der Waals surface area (Å²) in [4.78, 5) is 2.11. The zero-order valence-corrected chi connectivity index (χ0v) is 10.00. The van der Waals surface area contributed by atoms with Crippen molar-refractivity contribution >= 4 is 0 Å². The van der Waals surface area contributed by atoms with Crippen LogP contribution >= 0.6 is 0 Å². The number of halogens is 2. The van der Waals surface area contributed by atoms with Gasteiger partial charge in [-0.1, -0.05) is 6.07 Å². The van der Waals surface area contributed by atoms with E-state index in [2.05, 4.69) is 4.90 Å². The van der Waals surface area contributed by atoms with E-state index in [4.69, 9.17) is 5.73 Å². The largest absolute Gasteiger partial charge is 0.330 e. The van der Waals surface area contributed by atoms with E-state index in [0.717, 1.165) is 25.5 Å². The molecule has 1 fully saturated rings. The Morgan fingerprint density at radius 3 is 2.82 bits per heavy atom. The zero-order chi connectivity index (χ0) is 12.4. The number of nitrogens with two attached hydrogens (primary N) is 1. The van der Waals surface area contributed by atoms with Crippen molar-refractivity contribution in [2.45, 2.75) is 18.9 Å². The number of piperidine rings is 1. The van der Waals surface area contributed by atoms with E-state index in [0.29, 0.717) is 12.1 Å². The first kappa shape index (κ1) is 12.5. The Morgan fingerprint density at radius 2 is 2.18 bits per heavy atom. The Balaban J connectivity index is 2.34. The van der Waals surface area contributed by atoms with Crippen LogP contribution in [0.3, 0.4) is 0 Å². The van der Waals surface area contributed by atoms with Gasteiger partial charge in [-0.05, 0) is 45.0 Å². The summed E-state index contributed by atoms with van der Waals surface area (Å²) in [6, 6.07) is 3.77. The predicted molar refractivity (Wildman–Crippen MR) is 63.5 cm³/mol. The van der Waals surface area contributed by atoms with E-state index in [1.165, 1.54) is 6.07 Å². The first-order chi connectivity index (χ1) is 8.13. The molecule has 94 valence electrons. The molecule has 1 aromatic carbocycles. The van der Waals surface area contributed by atoms with Crippen molar-refractivity contribution in [3.63, 3.8) is 0 Å². The average molecular weight is 240 g/mol. The molecule has 0 saturated carbocycles. The molecule has 0 unspecified atom stereocenters. The summed E-state index contributed by atoms with van der Waals surface area (Å²) in [6.07, 6.45) is 2.08. The maximum atomic E-state index is 13.8.